The minimum Gasteiger partial charge on any atom is -0.321 e. The van der Waals surface area contributed by atoms with Crippen LogP contribution in [-0.2, 0) is 36.7 Å². The summed E-state index contributed by atoms with van der Waals surface area (Å²) in [6.45, 7) is -1.09. The van der Waals surface area contributed by atoms with Gasteiger partial charge in [-0.05, 0) is 25.0 Å². The van der Waals surface area contributed by atoms with Gasteiger partial charge in [0.25, 0.3) is 6.64 Å². The minimum absolute atomic E-state index is 0.186. The molecule has 0 rings (SSSR count). The smallest absolute Gasteiger partial charge is 0.321 e. The van der Waals surface area contributed by atoms with Crippen LogP contribution in [-0.4, -0.2) is 52.8 Å². The zero-order valence-corrected chi connectivity index (χ0v) is 15.2. The number of rotatable bonds is 7. The molecule has 0 aromatic rings. The highest BCUT2D eigenvalue weighted by Gasteiger charge is 2.27. The van der Waals surface area contributed by atoms with E-state index in [1.165, 1.54) is 37.1 Å². The number of thioether (sulfide) groups is 1. The monoisotopic (exact) mass is 363 g/mol. The molecular formula is C8H18N3O5PS3. The normalized spacial score (nSPS) is 14.2. The Kier molecular flexibility index (Phi) is 9.81. The van der Waals surface area contributed by atoms with Crippen molar-refractivity contribution in [3.8, 4) is 0 Å². The van der Waals surface area contributed by atoms with Gasteiger partial charge in [0.1, 0.15) is 21.9 Å². The van der Waals surface area contributed by atoms with Crippen LogP contribution in [0.1, 0.15) is 6.92 Å². The van der Waals surface area contributed by atoms with Crippen molar-refractivity contribution in [3.05, 3.63) is 0 Å². The van der Waals surface area contributed by atoms with Crippen molar-refractivity contribution < 1.29 is 22.9 Å². The largest absolute Gasteiger partial charge is 0.434 e. The second-order valence-electron chi connectivity index (χ2n) is 3.13. The van der Waals surface area contributed by atoms with Gasteiger partial charge in [0, 0.05) is 21.3 Å². The number of amides is 1. The first-order valence-corrected chi connectivity index (χ1v) is 10.3. The summed E-state index contributed by atoms with van der Waals surface area (Å²) in [7, 11) is 2.63. The Balaban J connectivity index is 4.36. The SMILES string of the molecule is COP(=S)(OC)N(C)S(=O)CNC(=O)O/N=C(\C)SC. The van der Waals surface area contributed by atoms with E-state index < -0.39 is 23.7 Å². The molecule has 0 aliphatic rings. The molecule has 0 spiro atoms. The van der Waals surface area contributed by atoms with Crippen LogP contribution in [0.2, 0.25) is 0 Å². The van der Waals surface area contributed by atoms with Crippen LogP contribution in [0.5, 0.6) is 0 Å². The van der Waals surface area contributed by atoms with E-state index in [-0.39, 0.29) is 5.88 Å². The summed E-state index contributed by atoms with van der Waals surface area (Å²) in [5.41, 5.74) is 0. The van der Waals surface area contributed by atoms with E-state index in [0.29, 0.717) is 5.04 Å². The standard InChI is InChI=1S/C8H18N3O5PS3/c1-7(19-5)10-16-8(12)9-6-20(13)11(2)17(18,14-3)15-4/h6H2,1-5H3,(H,9,12)/b10-7+. The summed E-state index contributed by atoms with van der Waals surface area (Å²) in [6, 6.07) is 0. The highest BCUT2D eigenvalue weighted by atomic mass is 32.5. The zero-order valence-electron chi connectivity index (χ0n) is 11.8. The number of hydrogen-bond acceptors (Lipinski definition) is 8. The van der Waals surface area contributed by atoms with E-state index in [1.54, 1.807) is 13.2 Å². The molecule has 1 unspecified atom stereocenters. The van der Waals surface area contributed by atoms with Crippen molar-refractivity contribution in [3.63, 3.8) is 0 Å². The number of carbonyl (C=O) groups is 1. The number of carbonyl (C=O) groups excluding carboxylic acids is 1. The van der Waals surface area contributed by atoms with Crippen LogP contribution in [0.25, 0.3) is 0 Å². The average molecular weight is 363 g/mol. The molecule has 1 N–H and O–H groups in total. The van der Waals surface area contributed by atoms with E-state index in [9.17, 15) is 9.00 Å². The van der Waals surface area contributed by atoms with Crippen molar-refractivity contribution in [1.29, 1.82) is 0 Å². The topological polar surface area (TPSA) is 89.5 Å². The molecule has 118 valence electrons. The van der Waals surface area contributed by atoms with Gasteiger partial charge in [-0.3, -0.25) is 4.84 Å². The number of oxime groups is 1. The average Bonchev–Trinajstić information content (AvgIpc) is 2.48. The van der Waals surface area contributed by atoms with Gasteiger partial charge in [-0.25, -0.2) is 9.00 Å². The summed E-state index contributed by atoms with van der Waals surface area (Å²) in [4.78, 5) is 15.8. The van der Waals surface area contributed by atoms with Crippen LogP contribution < -0.4 is 5.32 Å². The highest BCUT2D eigenvalue weighted by Crippen LogP contribution is 2.50. The zero-order chi connectivity index (χ0) is 15.8. The summed E-state index contributed by atoms with van der Waals surface area (Å²) >= 11 is 6.46. The van der Waals surface area contributed by atoms with Crippen molar-refractivity contribution in [2.45, 2.75) is 6.92 Å². The Labute approximate surface area is 130 Å². The molecule has 0 heterocycles. The molecule has 0 fully saturated rings. The van der Waals surface area contributed by atoms with Gasteiger partial charge < -0.3 is 14.4 Å². The van der Waals surface area contributed by atoms with Crippen LogP contribution in [0, 0.1) is 0 Å². The third kappa shape index (κ3) is 6.61. The third-order valence-corrected chi connectivity index (χ3v) is 8.38. The van der Waals surface area contributed by atoms with E-state index in [2.05, 4.69) is 15.3 Å². The molecule has 0 aliphatic heterocycles. The van der Waals surface area contributed by atoms with Crippen LogP contribution in [0.15, 0.2) is 5.16 Å². The lowest BCUT2D eigenvalue weighted by molar-refractivity contribution is 0.152. The van der Waals surface area contributed by atoms with Crippen molar-refractivity contribution in [2.75, 3.05) is 33.4 Å². The molecule has 0 radical (unpaired) electrons. The molecule has 0 aromatic heterocycles. The molecule has 1 atom stereocenters. The molecule has 0 bridgehead atoms. The van der Waals surface area contributed by atoms with Gasteiger partial charge in [0.05, 0.1) is 0 Å². The maximum atomic E-state index is 11.9. The Bertz CT molecular complexity index is 426. The molecule has 0 aliphatic carbocycles. The van der Waals surface area contributed by atoms with Gasteiger partial charge in [-0.1, -0.05) is 5.16 Å². The Hall–Kier alpha value is -0.0300. The molecule has 1 amide bonds. The van der Waals surface area contributed by atoms with E-state index >= 15 is 0 Å². The summed E-state index contributed by atoms with van der Waals surface area (Å²) in [5, 5.41) is 6.43. The Morgan fingerprint density at radius 3 is 2.50 bits per heavy atom. The van der Waals surface area contributed by atoms with E-state index in [0.717, 1.165) is 0 Å². The van der Waals surface area contributed by atoms with E-state index in [1.807, 2.05) is 0 Å². The molecule has 12 heteroatoms. The third-order valence-electron chi connectivity index (χ3n) is 1.99. The second kappa shape index (κ2) is 9.82. The maximum Gasteiger partial charge on any atom is 0.434 e. The molecular weight excluding hydrogens is 345 g/mol. The first-order valence-electron chi connectivity index (χ1n) is 5.18. The Morgan fingerprint density at radius 1 is 1.50 bits per heavy atom. The molecule has 20 heavy (non-hydrogen) atoms. The molecule has 0 saturated carbocycles. The molecule has 0 saturated heterocycles. The lowest BCUT2D eigenvalue weighted by atomic mass is 10.9. The van der Waals surface area contributed by atoms with Gasteiger partial charge in [-0.2, -0.15) is 4.08 Å². The van der Waals surface area contributed by atoms with Crippen LogP contribution in [0.3, 0.4) is 0 Å². The first kappa shape index (κ1) is 20.0. The summed E-state index contributed by atoms with van der Waals surface area (Å²) in [6.07, 6.45) is 0.996. The first-order chi connectivity index (χ1) is 9.30. The highest BCUT2D eigenvalue weighted by molar-refractivity contribution is 8.13. The number of nitrogens with zero attached hydrogens (tertiary/aromatic N) is 2. The summed E-state index contributed by atoms with van der Waals surface area (Å²) < 4.78 is 23.3. The number of hydrogen-bond donors (Lipinski definition) is 1. The quantitative estimate of drug-likeness (QED) is 0.241. The predicted molar refractivity (Wildman–Crippen MR) is 85.3 cm³/mol. The number of nitrogens with one attached hydrogen (secondary N) is 1. The van der Waals surface area contributed by atoms with Crippen molar-refractivity contribution >= 4 is 52.3 Å². The lowest BCUT2D eigenvalue weighted by Crippen LogP contribution is -2.32. The minimum atomic E-state index is -2.78. The van der Waals surface area contributed by atoms with Crippen molar-refractivity contribution in [1.82, 2.24) is 9.39 Å². The van der Waals surface area contributed by atoms with Gasteiger partial charge in [-0.15, -0.1) is 11.8 Å². The van der Waals surface area contributed by atoms with Gasteiger partial charge in [0.2, 0.25) is 0 Å². The maximum absolute atomic E-state index is 11.9. The fourth-order valence-corrected chi connectivity index (χ4v) is 4.09. The van der Waals surface area contributed by atoms with Crippen LogP contribution >= 0.6 is 18.4 Å². The van der Waals surface area contributed by atoms with Crippen molar-refractivity contribution in [2.24, 2.45) is 5.16 Å². The Morgan fingerprint density at radius 2 is 2.05 bits per heavy atom. The molecule has 8 nitrogen and oxygen atoms in total. The van der Waals surface area contributed by atoms with E-state index in [4.69, 9.17) is 20.9 Å². The van der Waals surface area contributed by atoms with Gasteiger partial charge >= 0.3 is 6.09 Å². The lowest BCUT2D eigenvalue weighted by Gasteiger charge is -2.26. The fraction of sp³-hybridized carbons (Fsp3) is 0.750. The van der Waals surface area contributed by atoms with Crippen LogP contribution in [0.4, 0.5) is 4.79 Å². The second-order valence-corrected chi connectivity index (χ2v) is 9.53. The predicted octanol–water partition coefficient (Wildman–Crippen LogP) is 1.48. The van der Waals surface area contributed by atoms with Gasteiger partial charge in [0.15, 0.2) is 0 Å². The summed E-state index contributed by atoms with van der Waals surface area (Å²) in [5.74, 6) is -0.186. The molecule has 0 aromatic carbocycles. The fourth-order valence-electron chi connectivity index (χ4n) is 0.805.